The summed E-state index contributed by atoms with van der Waals surface area (Å²) in [7, 11) is 1.83. The van der Waals surface area contributed by atoms with Gasteiger partial charge in [-0.2, -0.15) is 0 Å². The molecule has 19 heavy (non-hydrogen) atoms. The van der Waals surface area contributed by atoms with Crippen molar-refractivity contribution >= 4 is 41.5 Å². The van der Waals surface area contributed by atoms with E-state index >= 15 is 0 Å². The summed E-state index contributed by atoms with van der Waals surface area (Å²) in [6, 6.07) is 5.42. The largest absolute Gasteiger partial charge is 0.339 e. The van der Waals surface area contributed by atoms with Crippen LogP contribution in [0.1, 0.15) is 23.2 Å². The summed E-state index contributed by atoms with van der Waals surface area (Å²) in [6.07, 6.45) is 1.95. The van der Waals surface area contributed by atoms with Crippen LogP contribution in [0.5, 0.6) is 0 Å². The molecule has 3 nitrogen and oxygen atoms in total. The maximum Gasteiger partial charge on any atom is 0.255 e. The highest BCUT2D eigenvalue weighted by Crippen LogP contribution is 2.27. The van der Waals surface area contributed by atoms with Gasteiger partial charge in [-0.3, -0.25) is 4.79 Å². The van der Waals surface area contributed by atoms with Crippen LogP contribution < -0.4 is 5.32 Å². The first kappa shape index (κ1) is 16.6. The second kappa shape index (κ2) is 7.34. The van der Waals surface area contributed by atoms with E-state index in [1.165, 1.54) is 0 Å². The van der Waals surface area contributed by atoms with E-state index in [9.17, 15) is 4.79 Å². The van der Waals surface area contributed by atoms with Crippen LogP contribution in [0.15, 0.2) is 18.2 Å². The van der Waals surface area contributed by atoms with Crippen molar-refractivity contribution in [3.05, 3.63) is 33.8 Å². The maximum absolute atomic E-state index is 12.4. The van der Waals surface area contributed by atoms with Crippen LogP contribution in [0, 0.1) is 0 Å². The number of piperidine rings is 1. The number of carbonyl (C=O) groups is 1. The summed E-state index contributed by atoms with van der Waals surface area (Å²) in [5.74, 6) is -0.0607. The number of rotatable bonds is 2. The molecule has 106 valence electrons. The van der Waals surface area contributed by atoms with Crippen molar-refractivity contribution in [3.8, 4) is 0 Å². The van der Waals surface area contributed by atoms with Crippen molar-refractivity contribution in [2.75, 3.05) is 20.1 Å². The van der Waals surface area contributed by atoms with Gasteiger partial charge in [0.1, 0.15) is 0 Å². The van der Waals surface area contributed by atoms with Crippen molar-refractivity contribution in [3.63, 3.8) is 0 Å². The van der Waals surface area contributed by atoms with E-state index in [0.717, 1.165) is 25.9 Å². The zero-order chi connectivity index (χ0) is 13.1. The fourth-order valence-corrected chi connectivity index (χ4v) is 2.60. The number of amides is 1. The fourth-order valence-electron chi connectivity index (χ4n) is 2.22. The quantitative estimate of drug-likeness (QED) is 0.906. The van der Waals surface area contributed by atoms with Gasteiger partial charge < -0.3 is 10.2 Å². The van der Waals surface area contributed by atoms with Crippen LogP contribution >= 0.6 is 35.6 Å². The molecule has 6 heteroatoms. The molecule has 1 aromatic carbocycles. The molecule has 0 unspecified atom stereocenters. The highest BCUT2D eigenvalue weighted by atomic mass is 35.5. The van der Waals surface area contributed by atoms with Gasteiger partial charge in [0.2, 0.25) is 0 Å². The second-order valence-electron chi connectivity index (χ2n) is 4.50. The Morgan fingerprint density at radius 1 is 1.32 bits per heavy atom. The molecule has 0 spiro atoms. The van der Waals surface area contributed by atoms with Crippen molar-refractivity contribution < 1.29 is 4.79 Å². The first-order valence-corrected chi connectivity index (χ1v) is 6.78. The summed E-state index contributed by atoms with van der Waals surface area (Å²) < 4.78 is 0. The monoisotopic (exact) mass is 322 g/mol. The number of nitrogens with one attached hydrogen (secondary N) is 1. The first-order chi connectivity index (χ1) is 8.61. The Bertz CT molecular complexity index is 448. The number of hydrogen-bond acceptors (Lipinski definition) is 2. The smallest absolute Gasteiger partial charge is 0.255 e. The molecular formula is C13H17Cl3N2O. The van der Waals surface area contributed by atoms with Crippen LogP contribution in [-0.2, 0) is 0 Å². The molecule has 0 bridgehead atoms. The molecular weight excluding hydrogens is 307 g/mol. The van der Waals surface area contributed by atoms with Gasteiger partial charge in [-0.25, -0.2) is 0 Å². The lowest BCUT2D eigenvalue weighted by molar-refractivity contribution is 0.0703. The zero-order valence-electron chi connectivity index (χ0n) is 10.7. The third-order valence-corrected chi connectivity index (χ3v) is 4.18. The predicted molar refractivity (Wildman–Crippen MR) is 81.7 cm³/mol. The van der Waals surface area contributed by atoms with Gasteiger partial charge in [0.15, 0.2) is 0 Å². The molecule has 1 aliphatic heterocycles. The van der Waals surface area contributed by atoms with E-state index < -0.39 is 0 Å². The van der Waals surface area contributed by atoms with Crippen LogP contribution in [0.3, 0.4) is 0 Å². The fraction of sp³-hybridized carbons (Fsp3) is 0.462. The number of nitrogens with zero attached hydrogens (tertiary/aromatic N) is 1. The lowest BCUT2D eigenvalue weighted by Crippen LogP contribution is -2.44. The first-order valence-electron chi connectivity index (χ1n) is 6.03. The Kier molecular flexibility index (Phi) is 6.40. The van der Waals surface area contributed by atoms with Crippen molar-refractivity contribution in [1.82, 2.24) is 10.2 Å². The van der Waals surface area contributed by atoms with E-state index in [4.69, 9.17) is 23.2 Å². The molecule has 1 aromatic rings. The third-order valence-electron chi connectivity index (χ3n) is 3.36. The summed E-state index contributed by atoms with van der Waals surface area (Å²) in [5.41, 5.74) is 0.477. The lowest BCUT2D eigenvalue weighted by Gasteiger charge is -2.32. The summed E-state index contributed by atoms with van der Waals surface area (Å²) in [6.45, 7) is 1.90. The van der Waals surface area contributed by atoms with Gasteiger partial charge in [0, 0.05) is 13.1 Å². The number of hydrogen-bond donors (Lipinski definition) is 1. The van der Waals surface area contributed by atoms with Gasteiger partial charge in [0.25, 0.3) is 5.91 Å². The molecule has 1 saturated heterocycles. The Hall–Kier alpha value is -0.480. The zero-order valence-corrected chi connectivity index (χ0v) is 13.0. The Labute approximate surface area is 129 Å². The van der Waals surface area contributed by atoms with E-state index in [1.807, 2.05) is 7.05 Å². The predicted octanol–water partition coefficient (Wildman–Crippen LogP) is 3.24. The minimum absolute atomic E-state index is 0. The minimum atomic E-state index is -0.0607. The maximum atomic E-state index is 12.4. The highest BCUT2D eigenvalue weighted by Gasteiger charge is 2.24. The van der Waals surface area contributed by atoms with Gasteiger partial charge in [0.05, 0.1) is 15.6 Å². The number of benzene rings is 1. The summed E-state index contributed by atoms with van der Waals surface area (Å²) in [5, 5.41) is 4.04. The molecule has 2 rings (SSSR count). The van der Waals surface area contributed by atoms with Crippen molar-refractivity contribution in [2.45, 2.75) is 18.9 Å². The standard InChI is InChI=1S/C13H16Cl2N2O.ClH/c1-17(9-5-7-16-8-6-9)13(18)10-3-2-4-11(14)12(10)15;/h2-4,9,16H,5-8H2,1H3;1H. The van der Waals surface area contributed by atoms with Gasteiger partial charge in [-0.1, -0.05) is 29.3 Å². The normalized spacial score (nSPS) is 15.7. The molecule has 0 aromatic heterocycles. The topological polar surface area (TPSA) is 32.3 Å². The van der Waals surface area contributed by atoms with Crippen LogP contribution in [0.2, 0.25) is 10.0 Å². The highest BCUT2D eigenvalue weighted by molar-refractivity contribution is 6.43. The Morgan fingerprint density at radius 3 is 2.58 bits per heavy atom. The SMILES string of the molecule is CN(C(=O)c1cccc(Cl)c1Cl)C1CCNCC1.Cl. The molecule has 1 heterocycles. The van der Waals surface area contributed by atoms with E-state index in [2.05, 4.69) is 5.32 Å². The van der Waals surface area contributed by atoms with Gasteiger partial charge >= 0.3 is 0 Å². The van der Waals surface area contributed by atoms with E-state index in [0.29, 0.717) is 15.6 Å². The average Bonchev–Trinajstić information content (AvgIpc) is 2.41. The molecule has 1 aliphatic rings. The average molecular weight is 324 g/mol. The molecule has 1 N–H and O–H groups in total. The van der Waals surface area contributed by atoms with Crippen molar-refractivity contribution in [2.24, 2.45) is 0 Å². The van der Waals surface area contributed by atoms with Crippen LogP contribution in [-0.4, -0.2) is 37.0 Å². The molecule has 0 radical (unpaired) electrons. The van der Waals surface area contributed by atoms with Crippen LogP contribution in [0.25, 0.3) is 0 Å². The molecule has 0 atom stereocenters. The molecule has 0 aliphatic carbocycles. The van der Waals surface area contributed by atoms with Gasteiger partial charge in [-0.15, -0.1) is 12.4 Å². The van der Waals surface area contributed by atoms with Gasteiger partial charge in [-0.05, 0) is 38.1 Å². The molecule has 1 fully saturated rings. The van der Waals surface area contributed by atoms with E-state index in [1.54, 1.807) is 23.1 Å². The number of halogens is 3. The third kappa shape index (κ3) is 3.76. The summed E-state index contributed by atoms with van der Waals surface area (Å²) >= 11 is 12.0. The second-order valence-corrected chi connectivity index (χ2v) is 5.28. The number of carbonyl (C=O) groups excluding carboxylic acids is 1. The lowest BCUT2D eigenvalue weighted by atomic mass is 10.0. The molecule has 0 saturated carbocycles. The molecule has 1 amide bonds. The minimum Gasteiger partial charge on any atom is -0.339 e. The summed E-state index contributed by atoms with van der Waals surface area (Å²) in [4.78, 5) is 14.2. The Balaban J connectivity index is 0.00000180. The van der Waals surface area contributed by atoms with E-state index in [-0.39, 0.29) is 24.4 Å². The Morgan fingerprint density at radius 2 is 1.95 bits per heavy atom. The van der Waals surface area contributed by atoms with Crippen LogP contribution in [0.4, 0.5) is 0 Å². The van der Waals surface area contributed by atoms with Crippen molar-refractivity contribution in [1.29, 1.82) is 0 Å².